The van der Waals surface area contributed by atoms with Crippen LogP contribution in [-0.2, 0) is 4.79 Å². The number of carboxylic acids is 1. The van der Waals surface area contributed by atoms with E-state index >= 15 is 0 Å². The molecule has 1 heterocycles. The number of hydrogen-bond acceptors (Lipinski definition) is 3. The van der Waals surface area contributed by atoms with E-state index in [2.05, 4.69) is 0 Å². The molecule has 0 unspecified atom stereocenters. The molecule has 0 radical (unpaired) electrons. The molecular formula is C14H13Cl2NO3S. The summed E-state index contributed by atoms with van der Waals surface area (Å²) in [6, 6.07) is 5.26. The molecule has 7 heteroatoms. The van der Waals surface area contributed by atoms with E-state index in [1.165, 1.54) is 16.2 Å². The van der Waals surface area contributed by atoms with Crippen LogP contribution in [-0.4, -0.2) is 35.0 Å². The number of benzene rings is 1. The van der Waals surface area contributed by atoms with Gasteiger partial charge in [-0.05, 0) is 19.1 Å². The summed E-state index contributed by atoms with van der Waals surface area (Å²) in [5.74, 6) is -1.18. The summed E-state index contributed by atoms with van der Waals surface area (Å²) in [6.07, 6.45) is -0.0894. The average Bonchev–Trinajstić information content (AvgIpc) is 2.75. The van der Waals surface area contributed by atoms with Crippen LogP contribution in [0.1, 0.15) is 23.0 Å². The number of hydrogen-bond donors (Lipinski definition) is 1. The molecule has 0 bridgehead atoms. The average molecular weight is 346 g/mol. The van der Waals surface area contributed by atoms with Gasteiger partial charge in [0.15, 0.2) is 0 Å². The van der Waals surface area contributed by atoms with Crippen molar-refractivity contribution in [3.05, 3.63) is 33.1 Å². The summed E-state index contributed by atoms with van der Waals surface area (Å²) in [4.78, 5) is 25.0. The summed E-state index contributed by atoms with van der Waals surface area (Å²) in [6.45, 7) is 2.39. The molecule has 0 saturated heterocycles. The van der Waals surface area contributed by atoms with Gasteiger partial charge in [0.2, 0.25) is 0 Å². The van der Waals surface area contributed by atoms with Gasteiger partial charge >= 0.3 is 5.97 Å². The maximum Gasteiger partial charge on any atom is 0.305 e. The van der Waals surface area contributed by atoms with E-state index in [9.17, 15) is 9.59 Å². The van der Waals surface area contributed by atoms with E-state index in [1.807, 2.05) is 0 Å². The Morgan fingerprint density at radius 1 is 1.33 bits per heavy atom. The first-order chi connectivity index (χ1) is 9.93. The van der Waals surface area contributed by atoms with Crippen LogP contribution in [0.4, 0.5) is 0 Å². The second-order valence-electron chi connectivity index (χ2n) is 4.41. The van der Waals surface area contributed by atoms with Crippen molar-refractivity contribution in [3.8, 4) is 0 Å². The Balaban J connectivity index is 2.33. The number of nitrogens with zero attached hydrogens (tertiary/aromatic N) is 1. The number of halogens is 2. The van der Waals surface area contributed by atoms with Gasteiger partial charge in [0.1, 0.15) is 4.88 Å². The smallest absolute Gasteiger partial charge is 0.305 e. The highest BCUT2D eigenvalue weighted by Gasteiger charge is 2.22. The standard InChI is InChI=1S/C14H13Cl2NO3S/c1-2-17(6-5-11(18)19)14(20)13-12(16)9-4-3-8(15)7-10(9)21-13/h3-4,7H,2,5-6H2,1H3,(H,18,19). The van der Waals surface area contributed by atoms with Gasteiger partial charge in [-0.2, -0.15) is 0 Å². The SMILES string of the molecule is CCN(CCC(=O)O)C(=O)c1sc2cc(Cl)ccc2c1Cl. The fraction of sp³-hybridized carbons (Fsp3) is 0.286. The van der Waals surface area contributed by atoms with Crippen molar-refractivity contribution in [2.24, 2.45) is 0 Å². The van der Waals surface area contributed by atoms with E-state index in [0.29, 0.717) is 21.5 Å². The van der Waals surface area contributed by atoms with Crippen molar-refractivity contribution in [2.75, 3.05) is 13.1 Å². The normalized spacial score (nSPS) is 10.8. The summed E-state index contributed by atoms with van der Waals surface area (Å²) >= 11 is 13.5. The van der Waals surface area contributed by atoms with Gasteiger partial charge in [-0.1, -0.05) is 29.3 Å². The molecular weight excluding hydrogens is 333 g/mol. The molecule has 0 saturated carbocycles. The van der Waals surface area contributed by atoms with Crippen molar-refractivity contribution in [2.45, 2.75) is 13.3 Å². The number of fused-ring (bicyclic) bond motifs is 1. The molecule has 0 spiro atoms. The lowest BCUT2D eigenvalue weighted by molar-refractivity contribution is -0.137. The summed E-state index contributed by atoms with van der Waals surface area (Å²) in [5, 5.41) is 10.5. The molecule has 0 aliphatic carbocycles. The zero-order valence-electron chi connectivity index (χ0n) is 11.2. The van der Waals surface area contributed by atoms with Crippen LogP contribution in [0.25, 0.3) is 10.1 Å². The molecule has 0 fully saturated rings. The van der Waals surface area contributed by atoms with E-state index in [1.54, 1.807) is 25.1 Å². The quantitative estimate of drug-likeness (QED) is 0.885. The molecule has 1 N–H and O–H groups in total. The third-order valence-electron chi connectivity index (χ3n) is 3.05. The van der Waals surface area contributed by atoms with E-state index in [0.717, 1.165) is 10.1 Å². The topological polar surface area (TPSA) is 57.6 Å². The second kappa shape index (κ2) is 6.64. The zero-order valence-corrected chi connectivity index (χ0v) is 13.6. The molecule has 4 nitrogen and oxygen atoms in total. The van der Waals surface area contributed by atoms with Crippen LogP contribution in [0, 0.1) is 0 Å². The van der Waals surface area contributed by atoms with Gasteiger partial charge in [-0.3, -0.25) is 9.59 Å². The zero-order chi connectivity index (χ0) is 15.6. The minimum absolute atomic E-state index is 0.0894. The molecule has 1 aromatic heterocycles. The van der Waals surface area contributed by atoms with Gasteiger partial charge in [-0.15, -0.1) is 11.3 Å². The van der Waals surface area contributed by atoms with Gasteiger partial charge < -0.3 is 10.0 Å². The number of carbonyl (C=O) groups excluding carboxylic acids is 1. The lowest BCUT2D eigenvalue weighted by atomic mass is 10.2. The lowest BCUT2D eigenvalue weighted by Crippen LogP contribution is -2.32. The number of amides is 1. The number of aliphatic carboxylic acids is 1. The number of carboxylic acid groups (broad SMARTS) is 1. The van der Waals surface area contributed by atoms with Crippen LogP contribution >= 0.6 is 34.5 Å². The van der Waals surface area contributed by atoms with Crippen LogP contribution in [0.3, 0.4) is 0 Å². The van der Waals surface area contributed by atoms with Gasteiger partial charge in [-0.25, -0.2) is 0 Å². The summed E-state index contributed by atoms with van der Waals surface area (Å²) in [7, 11) is 0. The Kier molecular flexibility index (Phi) is 5.08. The fourth-order valence-corrected chi connectivity index (χ4v) is 3.71. The Bertz CT molecular complexity index is 699. The van der Waals surface area contributed by atoms with E-state index < -0.39 is 5.97 Å². The van der Waals surface area contributed by atoms with E-state index in [4.69, 9.17) is 28.3 Å². The minimum Gasteiger partial charge on any atom is -0.481 e. The summed E-state index contributed by atoms with van der Waals surface area (Å²) < 4.78 is 0.838. The third kappa shape index (κ3) is 3.48. The highest BCUT2D eigenvalue weighted by molar-refractivity contribution is 7.21. The number of rotatable bonds is 5. The highest BCUT2D eigenvalue weighted by Crippen LogP contribution is 2.37. The first kappa shape index (κ1) is 16.1. The van der Waals surface area contributed by atoms with Crippen LogP contribution in [0.5, 0.6) is 0 Å². The van der Waals surface area contributed by atoms with Gasteiger partial charge in [0.05, 0.1) is 11.4 Å². The van der Waals surface area contributed by atoms with Crippen molar-refractivity contribution in [1.82, 2.24) is 4.90 Å². The molecule has 2 rings (SSSR count). The fourth-order valence-electron chi connectivity index (χ4n) is 1.95. The number of thiophene rings is 1. The first-order valence-electron chi connectivity index (χ1n) is 6.32. The van der Waals surface area contributed by atoms with Crippen LogP contribution in [0.15, 0.2) is 18.2 Å². The van der Waals surface area contributed by atoms with E-state index in [-0.39, 0.29) is 18.9 Å². The predicted molar refractivity (Wildman–Crippen MR) is 85.7 cm³/mol. The Morgan fingerprint density at radius 2 is 2.05 bits per heavy atom. The van der Waals surface area contributed by atoms with Crippen molar-refractivity contribution in [3.63, 3.8) is 0 Å². The molecule has 2 aromatic rings. The van der Waals surface area contributed by atoms with Crippen LogP contribution < -0.4 is 0 Å². The Morgan fingerprint density at radius 3 is 2.67 bits per heavy atom. The van der Waals surface area contributed by atoms with Gasteiger partial charge in [0, 0.05) is 28.2 Å². The third-order valence-corrected chi connectivity index (χ3v) is 4.93. The first-order valence-corrected chi connectivity index (χ1v) is 7.90. The van der Waals surface area contributed by atoms with Gasteiger partial charge in [0.25, 0.3) is 5.91 Å². The van der Waals surface area contributed by atoms with Crippen molar-refractivity contribution in [1.29, 1.82) is 0 Å². The van der Waals surface area contributed by atoms with Crippen molar-refractivity contribution >= 4 is 56.5 Å². The molecule has 1 aromatic carbocycles. The Labute approximate surface area is 135 Å². The molecule has 0 aliphatic rings. The van der Waals surface area contributed by atoms with Crippen LogP contribution in [0.2, 0.25) is 10.0 Å². The lowest BCUT2D eigenvalue weighted by Gasteiger charge is -2.19. The highest BCUT2D eigenvalue weighted by atomic mass is 35.5. The molecule has 0 atom stereocenters. The molecule has 112 valence electrons. The second-order valence-corrected chi connectivity index (χ2v) is 6.28. The minimum atomic E-state index is -0.935. The molecule has 21 heavy (non-hydrogen) atoms. The largest absolute Gasteiger partial charge is 0.481 e. The number of carbonyl (C=O) groups is 2. The maximum atomic E-state index is 12.5. The maximum absolute atomic E-state index is 12.5. The molecule has 0 aliphatic heterocycles. The Hall–Kier alpha value is -1.30. The predicted octanol–water partition coefficient (Wildman–Crippen LogP) is 4.14. The monoisotopic (exact) mass is 345 g/mol. The summed E-state index contributed by atoms with van der Waals surface area (Å²) in [5.41, 5.74) is 0. The van der Waals surface area contributed by atoms with Crippen molar-refractivity contribution < 1.29 is 14.7 Å². The molecule has 1 amide bonds.